The lowest BCUT2D eigenvalue weighted by molar-refractivity contribution is -0.143. The van der Waals surface area contributed by atoms with Gasteiger partial charge in [-0.15, -0.1) is 0 Å². The highest BCUT2D eigenvalue weighted by atomic mass is 16.4. The van der Waals surface area contributed by atoms with Crippen LogP contribution in [0.5, 0.6) is 0 Å². The maximum atomic E-state index is 13.9. The molecule has 20 N–H and O–H groups in total. The van der Waals surface area contributed by atoms with E-state index in [0.29, 0.717) is 45.1 Å². The first-order chi connectivity index (χ1) is 30.3. The quantitative estimate of drug-likeness (QED) is 0.0266. The van der Waals surface area contributed by atoms with Crippen LogP contribution in [0.1, 0.15) is 116 Å². The lowest BCUT2D eigenvalue weighted by atomic mass is 10.0. The van der Waals surface area contributed by atoms with Crippen molar-refractivity contribution in [1.82, 2.24) is 31.9 Å². The fourth-order valence-corrected chi connectivity index (χ4v) is 6.16. The predicted octanol–water partition coefficient (Wildman–Crippen LogP) is -3.58. The fraction of sp³-hybridized carbons (Fsp3) is 0.744. The Labute approximate surface area is 371 Å². The molecule has 0 aromatic carbocycles. The van der Waals surface area contributed by atoms with E-state index in [9.17, 15) is 68.4 Å². The molecule has 64 heavy (non-hydrogen) atoms. The third-order valence-corrected chi connectivity index (χ3v) is 9.87. The number of carbonyl (C=O) groups is 10. The number of nitrogens with two attached hydrogens (primary N) is 5. The molecule has 0 aliphatic heterocycles. The Morgan fingerprint density at radius 1 is 0.328 bits per heavy atom. The molecule has 0 fully saturated rings. The molecule has 25 nitrogen and oxygen atoms in total. The van der Waals surface area contributed by atoms with Crippen LogP contribution in [0.15, 0.2) is 0 Å². The summed E-state index contributed by atoms with van der Waals surface area (Å²) < 4.78 is 0. The summed E-state index contributed by atoms with van der Waals surface area (Å²) in [6, 6.07) is -10.0. The molecule has 0 aliphatic rings. The van der Waals surface area contributed by atoms with Gasteiger partial charge < -0.3 is 81.0 Å². The third kappa shape index (κ3) is 26.2. The van der Waals surface area contributed by atoms with Crippen LogP contribution >= 0.6 is 0 Å². The minimum Gasteiger partial charge on any atom is -0.481 e. The van der Waals surface area contributed by atoms with Gasteiger partial charge in [-0.05, 0) is 116 Å². The van der Waals surface area contributed by atoms with Crippen molar-refractivity contribution in [3.05, 3.63) is 0 Å². The molecule has 0 aromatic rings. The van der Waals surface area contributed by atoms with Crippen molar-refractivity contribution in [3.8, 4) is 0 Å². The van der Waals surface area contributed by atoms with Gasteiger partial charge in [-0.25, -0.2) is 4.79 Å². The van der Waals surface area contributed by atoms with E-state index in [-0.39, 0.29) is 64.6 Å². The minimum atomic E-state index is -1.65. The van der Waals surface area contributed by atoms with E-state index in [2.05, 4.69) is 31.9 Å². The summed E-state index contributed by atoms with van der Waals surface area (Å²) in [4.78, 5) is 128. The van der Waals surface area contributed by atoms with Crippen molar-refractivity contribution in [1.29, 1.82) is 0 Å². The van der Waals surface area contributed by atoms with Crippen molar-refractivity contribution in [2.45, 2.75) is 158 Å². The number of rotatable bonds is 38. The number of carboxylic acid groups (broad SMARTS) is 4. The summed E-state index contributed by atoms with van der Waals surface area (Å²) in [5.41, 5.74) is 28.2. The zero-order chi connectivity index (χ0) is 48.6. The van der Waals surface area contributed by atoms with Gasteiger partial charge in [0.25, 0.3) is 0 Å². The summed E-state index contributed by atoms with van der Waals surface area (Å²) in [7, 11) is 0. The van der Waals surface area contributed by atoms with Crippen molar-refractivity contribution < 1.29 is 68.4 Å². The first-order valence-corrected chi connectivity index (χ1v) is 21.6. The average Bonchev–Trinajstić information content (AvgIpc) is 3.23. The molecular weight excluding hydrogens is 846 g/mol. The number of aliphatic carboxylic acids is 4. The molecule has 0 spiro atoms. The average molecular weight is 918 g/mol. The van der Waals surface area contributed by atoms with Crippen molar-refractivity contribution in [3.63, 3.8) is 0 Å². The van der Waals surface area contributed by atoms with Gasteiger partial charge in [-0.1, -0.05) is 6.42 Å². The molecule has 0 rings (SSSR count). The summed E-state index contributed by atoms with van der Waals surface area (Å²) in [6.45, 7) is 1.02. The maximum absolute atomic E-state index is 13.9. The third-order valence-electron chi connectivity index (χ3n) is 9.87. The second-order valence-electron chi connectivity index (χ2n) is 15.2. The monoisotopic (exact) mass is 918 g/mol. The van der Waals surface area contributed by atoms with E-state index in [1.54, 1.807) is 0 Å². The molecule has 0 aliphatic carbocycles. The van der Waals surface area contributed by atoms with Gasteiger partial charge in [-0.2, -0.15) is 0 Å². The summed E-state index contributed by atoms with van der Waals surface area (Å²) in [6.07, 6.45) is -0.0158. The second-order valence-corrected chi connectivity index (χ2v) is 15.2. The zero-order valence-electron chi connectivity index (χ0n) is 36.4. The van der Waals surface area contributed by atoms with Crippen LogP contribution in [0.3, 0.4) is 0 Å². The van der Waals surface area contributed by atoms with E-state index in [1.165, 1.54) is 0 Å². The number of amides is 6. The number of hydrogen-bond acceptors (Lipinski definition) is 15. The summed E-state index contributed by atoms with van der Waals surface area (Å²) >= 11 is 0. The van der Waals surface area contributed by atoms with Crippen LogP contribution < -0.4 is 60.6 Å². The molecule has 0 heterocycles. The van der Waals surface area contributed by atoms with Gasteiger partial charge in [0.15, 0.2) is 0 Å². The van der Waals surface area contributed by atoms with Gasteiger partial charge in [0.2, 0.25) is 35.4 Å². The lowest BCUT2D eigenvalue weighted by Gasteiger charge is -2.27. The zero-order valence-corrected chi connectivity index (χ0v) is 36.4. The van der Waals surface area contributed by atoms with Crippen molar-refractivity contribution in [2.24, 2.45) is 28.7 Å². The van der Waals surface area contributed by atoms with Crippen LogP contribution in [-0.4, -0.2) is 148 Å². The minimum absolute atomic E-state index is 0.0107. The molecule has 25 heteroatoms. The van der Waals surface area contributed by atoms with Crippen LogP contribution in [0.4, 0.5) is 0 Å². The van der Waals surface area contributed by atoms with Gasteiger partial charge in [0.1, 0.15) is 36.3 Å². The van der Waals surface area contributed by atoms with Crippen LogP contribution in [0.25, 0.3) is 0 Å². The van der Waals surface area contributed by atoms with E-state index in [0.717, 1.165) is 0 Å². The molecule has 0 saturated heterocycles. The summed E-state index contributed by atoms with van der Waals surface area (Å²) in [5.74, 6) is -11.1. The highest BCUT2D eigenvalue weighted by molar-refractivity contribution is 5.97. The van der Waals surface area contributed by atoms with E-state index < -0.39 is 134 Å². The Morgan fingerprint density at radius 2 is 0.562 bits per heavy atom. The Balaban J connectivity index is 6.58. The smallest absolute Gasteiger partial charge is 0.326 e. The standard InChI is InChI=1S/C39H71N11O14/c40-19-5-1-9-23(44)33(57)45-26(13-16-30(51)52)36(60)46-24(10-2-6-20-41)34(58)48-27(14-17-31(53)54)37(61)47-25(11-3-7-21-42)35(59)49-28(15-18-32(55)56)38(62)50-29(39(63)64)12-4-8-22-43/h23-29H,1-22,40-44H2,(H,45,57)(H,46,60)(H,47,61)(H,48,58)(H,49,59)(H,50,62)(H,51,52)(H,53,54)(H,55,56)(H,63,64)/t23-,24-,25-,26-,27-,28-,29-/m0/s1. The van der Waals surface area contributed by atoms with Gasteiger partial charge >= 0.3 is 23.9 Å². The fourth-order valence-electron chi connectivity index (χ4n) is 6.16. The molecule has 0 bridgehead atoms. The van der Waals surface area contributed by atoms with Gasteiger partial charge in [0.05, 0.1) is 6.04 Å². The Kier molecular flexibility index (Phi) is 31.1. The second kappa shape index (κ2) is 34.0. The van der Waals surface area contributed by atoms with Crippen LogP contribution in [0, 0.1) is 0 Å². The summed E-state index contributed by atoms with van der Waals surface area (Å²) in [5, 5.41) is 52.2. The number of hydrogen-bond donors (Lipinski definition) is 15. The molecule has 6 amide bonds. The normalized spacial score (nSPS) is 14.3. The van der Waals surface area contributed by atoms with Gasteiger partial charge in [0, 0.05) is 19.3 Å². The maximum Gasteiger partial charge on any atom is 0.326 e. The predicted molar refractivity (Wildman–Crippen MR) is 229 cm³/mol. The molecular formula is C39H71N11O14. The van der Waals surface area contributed by atoms with Crippen molar-refractivity contribution in [2.75, 3.05) is 26.2 Å². The number of carbonyl (C=O) groups excluding carboxylic acids is 6. The highest BCUT2D eigenvalue weighted by Gasteiger charge is 2.34. The molecule has 0 saturated carbocycles. The van der Waals surface area contributed by atoms with Crippen LogP contribution in [0.2, 0.25) is 0 Å². The Morgan fingerprint density at radius 3 is 0.828 bits per heavy atom. The Bertz CT molecular complexity index is 1520. The lowest BCUT2D eigenvalue weighted by Crippen LogP contribution is -2.59. The molecule has 0 unspecified atom stereocenters. The topological polar surface area (TPSA) is 454 Å². The van der Waals surface area contributed by atoms with E-state index >= 15 is 0 Å². The Hall–Kier alpha value is -5.50. The van der Waals surface area contributed by atoms with Gasteiger partial charge in [-0.3, -0.25) is 43.2 Å². The first kappa shape index (κ1) is 58.5. The number of carboxylic acids is 4. The number of nitrogens with one attached hydrogen (secondary N) is 6. The molecule has 366 valence electrons. The number of unbranched alkanes of at least 4 members (excludes halogenated alkanes) is 4. The molecule has 7 atom stereocenters. The molecule has 0 radical (unpaired) electrons. The van der Waals surface area contributed by atoms with Crippen LogP contribution in [-0.2, 0) is 47.9 Å². The largest absolute Gasteiger partial charge is 0.481 e. The SMILES string of the molecule is NCCCC[C@H](NC(=O)[C@H](CCC(=O)O)NC(=O)[C@H](CCCCN)NC(=O)[C@H](CCC(=O)O)NC(=O)[C@H](CCCCN)NC(=O)[C@H](CCC(=O)O)NC(=O)[C@@H](N)CCCCN)C(=O)O. The van der Waals surface area contributed by atoms with E-state index in [4.69, 9.17) is 28.7 Å². The molecule has 0 aromatic heterocycles. The highest BCUT2D eigenvalue weighted by Crippen LogP contribution is 2.11. The first-order valence-electron chi connectivity index (χ1n) is 21.6. The van der Waals surface area contributed by atoms with E-state index in [1.807, 2.05) is 0 Å². The van der Waals surface area contributed by atoms with Crippen molar-refractivity contribution >= 4 is 59.3 Å².